The molecule has 9 nitrogen and oxygen atoms in total. The van der Waals surface area contributed by atoms with Gasteiger partial charge >= 0.3 is 6.18 Å². The average Bonchev–Trinajstić information content (AvgIpc) is 3.29. The summed E-state index contributed by atoms with van der Waals surface area (Å²) in [6.07, 6.45) is 0.167. The van der Waals surface area contributed by atoms with Crippen LogP contribution in [0.5, 0.6) is 0 Å². The molecule has 13 heteroatoms. The Hall–Kier alpha value is -3.22. The number of hydrazone groups is 1. The first-order valence-corrected chi connectivity index (χ1v) is 9.67. The van der Waals surface area contributed by atoms with E-state index < -0.39 is 11.9 Å². The van der Waals surface area contributed by atoms with Crippen molar-refractivity contribution in [2.45, 2.75) is 24.8 Å². The van der Waals surface area contributed by atoms with Gasteiger partial charge in [0.25, 0.3) is 5.91 Å². The predicted molar refractivity (Wildman–Crippen MR) is 104 cm³/mol. The number of aromatic nitrogens is 6. The third-order valence-corrected chi connectivity index (χ3v) is 4.84. The number of nitrogens with one attached hydrogen (secondary N) is 1. The summed E-state index contributed by atoms with van der Waals surface area (Å²) < 4.78 is 41.4. The Morgan fingerprint density at radius 3 is 2.67 bits per heavy atom. The first kappa shape index (κ1) is 21.5. The Balaban J connectivity index is 1.66. The molecule has 0 aliphatic heterocycles. The van der Waals surface area contributed by atoms with E-state index in [1.54, 1.807) is 36.0 Å². The number of aryl methyl sites for hydroxylation is 1. The second-order valence-electron chi connectivity index (χ2n) is 5.95. The highest BCUT2D eigenvalue weighted by Crippen LogP contribution is 2.32. The van der Waals surface area contributed by atoms with Crippen molar-refractivity contribution in [1.82, 2.24) is 35.0 Å². The quantitative estimate of drug-likeness (QED) is 0.345. The van der Waals surface area contributed by atoms with Gasteiger partial charge in [0, 0.05) is 26.0 Å². The lowest BCUT2D eigenvalue weighted by Gasteiger charge is -2.05. The van der Waals surface area contributed by atoms with E-state index >= 15 is 0 Å². The van der Waals surface area contributed by atoms with Crippen LogP contribution in [0.2, 0.25) is 0 Å². The maximum Gasteiger partial charge on any atom is 0.433 e. The molecule has 0 saturated carbocycles. The predicted octanol–water partition coefficient (Wildman–Crippen LogP) is 2.35. The minimum absolute atomic E-state index is 0.00182. The van der Waals surface area contributed by atoms with Crippen LogP contribution in [0.25, 0.3) is 11.5 Å². The van der Waals surface area contributed by atoms with Gasteiger partial charge in [-0.25, -0.2) is 5.43 Å². The van der Waals surface area contributed by atoms with Crippen molar-refractivity contribution >= 4 is 23.9 Å². The number of amides is 1. The molecular formula is C17H17F3N8OS. The molecule has 0 unspecified atom stereocenters. The van der Waals surface area contributed by atoms with Gasteiger partial charge in [-0.2, -0.15) is 23.4 Å². The van der Waals surface area contributed by atoms with Gasteiger partial charge in [-0.05, 0) is 30.7 Å². The Morgan fingerprint density at radius 1 is 1.30 bits per heavy atom. The zero-order chi connectivity index (χ0) is 21.7. The molecule has 3 heterocycles. The maximum atomic E-state index is 13.0. The molecule has 3 aromatic rings. The third-order valence-electron chi connectivity index (χ3n) is 3.87. The highest BCUT2D eigenvalue weighted by Gasteiger charge is 2.35. The second-order valence-corrected chi connectivity index (χ2v) is 6.89. The van der Waals surface area contributed by atoms with Crippen LogP contribution < -0.4 is 5.43 Å². The Morgan fingerprint density at radius 2 is 2.03 bits per heavy atom. The number of alkyl halides is 3. The van der Waals surface area contributed by atoms with Gasteiger partial charge in [0.2, 0.25) is 0 Å². The Kier molecular flexibility index (Phi) is 6.50. The molecule has 0 atom stereocenters. The number of nitrogens with zero attached hydrogens (tertiary/aromatic N) is 7. The molecule has 1 N–H and O–H groups in total. The number of rotatable bonds is 7. The molecule has 158 valence electrons. The lowest BCUT2D eigenvalue weighted by atomic mass is 10.3. The van der Waals surface area contributed by atoms with Crippen LogP contribution in [-0.4, -0.2) is 47.4 Å². The molecule has 0 bridgehead atoms. The van der Waals surface area contributed by atoms with E-state index in [0.29, 0.717) is 11.7 Å². The van der Waals surface area contributed by atoms with Crippen molar-refractivity contribution in [2.24, 2.45) is 12.1 Å². The van der Waals surface area contributed by atoms with Gasteiger partial charge in [-0.1, -0.05) is 11.8 Å². The highest BCUT2D eigenvalue weighted by molar-refractivity contribution is 7.99. The van der Waals surface area contributed by atoms with E-state index in [1.807, 2.05) is 0 Å². The van der Waals surface area contributed by atoms with E-state index in [9.17, 15) is 18.0 Å². The van der Waals surface area contributed by atoms with Crippen LogP contribution in [0.3, 0.4) is 0 Å². The zero-order valence-corrected chi connectivity index (χ0v) is 16.8. The van der Waals surface area contributed by atoms with Crippen LogP contribution in [0.4, 0.5) is 13.2 Å². The minimum atomic E-state index is -4.52. The number of halogens is 3. The summed E-state index contributed by atoms with van der Waals surface area (Å²) in [6, 6.07) is 4.39. The third kappa shape index (κ3) is 5.03. The molecule has 0 spiro atoms. The average molecular weight is 438 g/mol. The molecule has 0 aliphatic carbocycles. The van der Waals surface area contributed by atoms with Gasteiger partial charge < -0.3 is 4.57 Å². The molecule has 3 aromatic heterocycles. The highest BCUT2D eigenvalue weighted by atomic mass is 32.2. The molecule has 1 amide bonds. The van der Waals surface area contributed by atoms with Crippen LogP contribution in [-0.2, 0) is 24.6 Å². The van der Waals surface area contributed by atoms with Crippen LogP contribution in [0, 0.1) is 0 Å². The molecule has 0 fully saturated rings. The fraction of sp³-hybridized carbons (Fsp3) is 0.294. The topological polar surface area (TPSA) is 103 Å². The lowest BCUT2D eigenvalue weighted by molar-refractivity contribution is -0.143. The fourth-order valence-electron chi connectivity index (χ4n) is 2.50. The van der Waals surface area contributed by atoms with Gasteiger partial charge in [0.1, 0.15) is 11.4 Å². The molecular weight excluding hydrogens is 421 g/mol. The number of hydrogen-bond acceptors (Lipinski definition) is 7. The van der Waals surface area contributed by atoms with E-state index in [2.05, 4.69) is 30.8 Å². The van der Waals surface area contributed by atoms with Gasteiger partial charge in [-0.15, -0.1) is 10.2 Å². The Bertz CT molecular complexity index is 1050. The summed E-state index contributed by atoms with van der Waals surface area (Å²) in [5.74, 6) is -0.168. The van der Waals surface area contributed by atoms with Gasteiger partial charge in [0.15, 0.2) is 11.0 Å². The first-order chi connectivity index (χ1) is 14.3. The standard InChI is InChI=1S/C17H17F3N8OS/c1-3-28-15(12-8-13(17(18,19)20)27(2)26-12)24-25-16(28)30-10-14(29)23-22-9-11-4-6-21-7-5-11/h4-9H,3,10H2,1-2H3,(H,23,29). The number of pyridine rings is 1. The normalized spacial score (nSPS) is 11.9. The van der Waals surface area contributed by atoms with Crippen LogP contribution >= 0.6 is 11.8 Å². The molecule has 0 radical (unpaired) electrons. The van der Waals surface area contributed by atoms with E-state index in [1.165, 1.54) is 13.3 Å². The van der Waals surface area contributed by atoms with Gasteiger partial charge in [-0.3, -0.25) is 14.5 Å². The van der Waals surface area contributed by atoms with Crippen molar-refractivity contribution in [1.29, 1.82) is 0 Å². The maximum absolute atomic E-state index is 13.0. The number of thioether (sulfide) groups is 1. The smallest absolute Gasteiger partial charge is 0.301 e. The molecule has 30 heavy (non-hydrogen) atoms. The van der Waals surface area contributed by atoms with E-state index in [4.69, 9.17) is 0 Å². The summed E-state index contributed by atoms with van der Waals surface area (Å²) in [4.78, 5) is 15.9. The minimum Gasteiger partial charge on any atom is -0.301 e. The molecule has 0 saturated heterocycles. The molecule has 3 rings (SSSR count). The fourth-order valence-corrected chi connectivity index (χ4v) is 3.30. The van der Waals surface area contributed by atoms with Crippen molar-refractivity contribution in [3.8, 4) is 11.5 Å². The summed E-state index contributed by atoms with van der Waals surface area (Å²) in [5, 5.41) is 16.1. The lowest BCUT2D eigenvalue weighted by Crippen LogP contribution is -2.20. The first-order valence-electron chi connectivity index (χ1n) is 8.69. The van der Waals surface area contributed by atoms with E-state index in [-0.39, 0.29) is 23.2 Å². The molecule has 0 aromatic carbocycles. The number of carbonyl (C=O) groups excluding carboxylic acids is 1. The molecule has 0 aliphatic rings. The van der Waals surface area contributed by atoms with Crippen LogP contribution in [0.15, 0.2) is 40.9 Å². The SMILES string of the molecule is CCn1c(SCC(=O)NN=Cc2ccncc2)nnc1-c1cc(C(F)(F)F)n(C)n1. The zero-order valence-electron chi connectivity index (χ0n) is 16.0. The summed E-state index contributed by atoms with van der Waals surface area (Å²) >= 11 is 1.09. The monoisotopic (exact) mass is 438 g/mol. The van der Waals surface area contributed by atoms with Crippen LogP contribution in [0.1, 0.15) is 18.2 Å². The van der Waals surface area contributed by atoms with E-state index in [0.717, 1.165) is 28.1 Å². The largest absolute Gasteiger partial charge is 0.433 e. The van der Waals surface area contributed by atoms with Crippen molar-refractivity contribution in [2.75, 3.05) is 5.75 Å². The second kappa shape index (κ2) is 9.07. The van der Waals surface area contributed by atoms with Crippen molar-refractivity contribution in [3.05, 3.63) is 41.9 Å². The summed E-state index contributed by atoms with van der Waals surface area (Å²) in [7, 11) is 1.21. The van der Waals surface area contributed by atoms with Crippen molar-refractivity contribution in [3.63, 3.8) is 0 Å². The van der Waals surface area contributed by atoms with Gasteiger partial charge in [0.05, 0.1) is 12.0 Å². The summed E-state index contributed by atoms with van der Waals surface area (Å²) in [5.41, 5.74) is 2.34. The number of carbonyl (C=O) groups is 1. The summed E-state index contributed by atoms with van der Waals surface area (Å²) in [6.45, 7) is 2.19. The van der Waals surface area contributed by atoms with Crippen molar-refractivity contribution < 1.29 is 18.0 Å². The number of hydrogen-bond donors (Lipinski definition) is 1. The Labute approximate surface area is 173 Å².